The average molecular weight is 241 g/mol. The maximum Gasteiger partial charge on any atom is 0.307 e. The lowest BCUT2D eigenvalue weighted by molar-refractivity contribution is -0.155. The summed E-state index contributed by atoms with van der Waals surface area (Å²) in [5, 5.41) is 16.7. The van der Waals surface area contributed by atoms with Crippen molar-refractivity contribution in [3.05, 3.63) is 0 Å². The molecule has 1 rings (SSSR count). The molecule has 1 aliphatic carbocycles. The molecule has 0 aromatic rings. The first-order valence-electron chi connectivity index (χ1n) is 4.17. The molecule has 4 atom stereocenters. The summed E-state index contributed by atoms with van der Waals surface area (Å²) in [5.41, 5.74) is 0. The van der Waals surface area contributed by atoms with Gasteiger partial charge in [-0.2, -0.15) is 0 Å². The van der Waals surface area contributed by atoms with Crippen LogP contribution in [0.25, 0.3) is 0 Å². The van der Waals surface area contributed by atoms with Crippen LogP contribution in [0.15, 0.2) is 0 Å². The van der Waals surface area contributed by atoms with Crippen LogP contribution >= 0.6 is 23.2 Å². The molecule has 6 heteroatoms. The minimum absolute atomic E-state index is 0.113. The minimum atomic E-state index is -1.12. The van der Waals surface area contributed by atoms with Gasteiger partial charge in [-0.3, -0.25) is 9.59 Å². The molecule has 0 aromatic heterocycles. The standard InChI is InChI=1S/C8H10Cl2O4/c9-5-1-3(7(11)12)4(8(13)14)2-6(5)10/h3-6H,1-2H2,(H,11,12)(H,13,14)/t3-,4-,5-,6+/m1/s1. The highest BCUT2D eigenvalue weighted by Crippen LogP contribution is 2.36. The molecular formula is C8H10Cl2O4. The van der Waals surface area contributed by atoms with E-state index in [0.29, 0.717) is 0 Å². The van der Waals surface area contributed by atoms with Crippen LogP contribution in [-0.2, 0) is 9.59 Å². The fraction of sp³-hybridized carbons (Fsp3) is 0.750. The molecule has 14 heavy (non-hydrogen) atoms. The zero-order valence-electron chi connectivity index (χ0n) is 7.19. The largest absolute Gasteiger partial charge is 0.481 e. The SMILES string of the molecule is O=C(O)[C@@H]1C[C@@H](Cl)[C@@H](Cl)C[C@H]1C(=O)O. The van der Waals surface area contributed by atoms with Gasteiger partial charge < -0.3 is 10.2 Å². The van der Waals surface area contributed by atoms with Gasteiger partial charge in [0.05, 0.1) is 22.6 Å². The Morgan fingerprint density at radius 2 is 1.21 bits per heavy atom. The molecule has 0 spiro atoms. The summed E-state index contributed by atoms with van der Waals surface area (Å²) in [6.07, 6.45) is 0.226. The van der Waals surface area contributed by atoms with E-state index in [-0.39, 0.29) is 12.8 Å². The Morgan fingerprint density at radius 1 is 0.929 bits per heavy atom. The molecule has 1 saturated carbocycles. The van der Waals surface area contributed by atoms with E-state index in [1.54, 1.807) is 0 Å². The number of aliphatic carboxylic acids is 2. The van der Waals surface area contributed by atoms with Gasteiger partial charge in [-0.05, 0) is 12.8 Å². The second kappa shape index (κ2) is 4.36. The summed E-state index contributed by atoms with van der Waals surface area (Å²) in [6.45, 7) is 0. The van der Waals surface area contributed by atoms with E-state index in [0.717, 1.165) is 0 Å². The van der Waals surface area contributed by atoms with E-state index in [2.05, 4.69) is 0 Å². The van der Waals surface area contributed by atoms with Crippen LogP contribution in [-0.4, -0.2) is 32.9 Å². The maximum atomic E-state index is 10.8. The third-order valence-corrected chi connectivity index (χ3v) is 3.56. The van der Waals surface area contributed by atoms with Crippen LogP contribution in [0, 0.1) is 11.8 Å². The number of halogens is 2. The molecule has 0 aliphatic heterocycles. The van der Waals surface area contributed by atoms with E-state index < -0.39 is 34.5 Å². The molecule has 0 aromatic carbocycles. The molecular weight excluding hydrogens is 231 g/mol. The van der Waals surface area contributed by atoms with Gasteiger partial charge in [-0.25, -0.2) is 0 Å². The van der Waals surface area contributed by atoms with E-state index in [9.17, 15) is 9.59 Å². The predicted molar refractivity (Wildman–Crippen MR) is 50.8 cm³/mol. The first-order chi connectivity index (χ1) is 6.43. The van der Waals surface area contributed by atoms with Crippen LogP contribution in [0.4, 0.5) is 0 Å². The summed E-state index contributed by atoms with van der Waals surface area (Å²) in [5.74, 6) is -4.09. The summed E-state index contributed by atoms with van der Waals surface area (Å²) in [4.78, 5) is 21.5. The van der Waals surface area contributed by atoms with Gasteiger partial charge in [0.25, 0.3) is 0 Å². The van der Waals surface area contributed by atoms with Gasteiger partial charge >= 0.3 is 11.9 Å². The van der Waals surface area contributed by atoms with Crippen molar-refractivity contribution in [2.75, 3.05) is 0 Å². The molecule has 0 saturated heterocycles. The summed E-state index contributed by atoms with van der Waals surface area (Å²) < 4.78 is 0. The molecule has 1 aliphatic rings. The smallest absolute Gasteiger partial charge is 0.307 e. The average Bonchev–Trinajstić information content (AvgIpc) is 2.08. The second-order valence-electron chi connectivity index (χ2n) is 3.39. The zero-order valence-corrected chi connectivity index (χ0v) is 8.70. The highest BCUT2D eigenvalue weighted by molar-refractivity contribution is 6.30. The summed E-state index contributed by atoms with van der Waals surface area (Å²) >= 11 is 11.6. The Kier molecular flexibility index (Phi) is 3.61. The van der Waals surface area contributed by atoms with Crippen molar-refractivity contribution in [3.8, 4) is 0 Å². The quantitative estimate of drug-likeness (QED) is 0.716. The second-order valence-corrected chi connectivity index (χ2v) is 4.51. The number of hydrogen-bond donors (Lipinski definition) is 2. The van der Waals surface area contributed by atoms with Crippen molar-refractivity contribution in [2.24, 2.45) is 11.8 Å². The number of carboxylic acids is 2. The van der Waals surface area contributed by atoms with Crippen molar-refractivity contribution >= 4 is 35.1 Å². The van der Waals surface area contributed by atoms with Crippen LogP contribution in [0.1, 0.15) is 12.8 Å². The van der Waals surface area contributed by atoms with Crippen molar-refractivity contribution in [1.29, 1.82) is 0 Å². The Hall–Kier alpha value is -0.480. The minimum Gasteiger partial charge on any atom is -0.481 e. The maximum absolute atomic E-state index is 10.8. The zero-order chi connectivity index (χ0) is 10.9. The number of carbonyl (C=O) groups is 2. The van der Waals surface area contributed by atoms with E-state index in [1.807, 2.05) is 0 Å². The van der Waals surface area contributed by atoms with E-state index in [4.69, 9.17) is 33.4 Å². The molecule has 2 N–H and O–H groups in total. The number of hydrogen-bond acceptors (Lipinski definition) is 2. The lowest BCUT2D eigenvalue weighted by atomic mass is 9.79. The predicted octanol–water partition coefficient (Wildman–Crippen LogP) is 1.40. The first kappa shape index (κ1) is 11.6. The summed E-state index contributed by atoms with van der Waals surface area (Å²) in [6, 6.07) is 0. The Morgan fingerprint density at radius 3 is 1.43 bits per heavy atom. The fourth-order valence-electron chi connectivity index (χ4n) is 1.65. The normalized spacial score (nSPS) is 37.9. The van der Waals surface area contributed by atoms with Crippen molar-refractivity contribution in [3.63, 3.8) is 0 Å². The molecule has 0 bridgehead atoms. The van der Waals surface area contributed by atoms with Crippen molar-refractivity contribution in [2.45, 2.75) is 23.6 Å². The third-order valence-electron chi connectivity index (χ3n) is 2.47. The van der Waals surface area contributed by atoms with Crippen LogP contribution < -0.4 is 0 Å². The van der Waals surface area contributed by atoms with Gasteiger partial charge in [0.15, 0.2) is 0 Å². The molecule has 0 heterocycles. The number of alkyl halides is 2. The number of carboxylic acid groups (broad SMARTS) is 2. The summed E-state index contributed by atoms with van der Waals surface area (Å²) in [7, 11) is 0. The fourth-order valence-corrected chi connectivity index (χ4v) is 2.24. The van der Waals surface area contributed by atoms with Gasteiger partial charge in [0.2, 0.25) is 0 Å². The molecule has 0 radical (unpaired) electrons. The third kappa shape index (κ3) is 2.30. The van der Waals surface area contributed by atoms with Gasteiger partial charge in [0, 0.05) is 0 Å². The van der Waals surface area contributed by atoms with Crippen LogP contribution in [0.2, 0.25) is 0 Å². The van der Waals surface area contributed by atoms with E-state index >= 15 is 0 Å². The Balaban J connectivity index is 2.80. The lowest BCUT2D eigenvalue weighted by Crippen LogP contribution is -2.40. The highest BCUT2D eigenvalue weighted by atomic mass is 35.5. The molecule has 0 amide bonds. The molecule has 4 nitrogen and oxygen atoms in total. The Labute approximate surface area is 90.8 Å². The molecule has 80 valence electrons. The first-order valence-corrected chi connectivity index (χ1v) is 5.04. The van der Waals surface area contributed by atoms with Gasteiger partial charge in [-0.1, -0.05) is 0 Å². The lowest BCUT2D eigenvalue weighted by Gasteiger charge is -2.31. The van der Waals surface area contributed by atoms with E-state index in [1.165, 1.54) is 0 Å². The number of rotatable bonds is 2. The van der Waals surface area contributed by atoms with Crippen molar-refractivity contribution < 1.29 is 19.8 Å². The highest BCUT2D eigenvalue weighted by Gasteiger charge is 2.42. The van der Waals surface area contributed by atoms with Crippen LogP contribution in [0.5, 0.6) is 0 Å². The molecule has 1 fully saturated rings. The monoisotopic (exact) mass is 240 g/mol. The Bertz CT molecular complexity index is 230. The van der Waals surface area contributed by atoms with Gasteiger partial charge in [0.1, 0.15) is 0 Å². The topological polar surface area (TPSA) is 74.6 Å². The van der Waals surface area contributed by atoms with Crippen LogP contribution in [0.3, 0.4) is 0 Å². The van der Waals surface area contributed by atoms with Gasteiger partial charge in [-0.15, -0.1) is 23.2 Å². The molecule has 0 unspecified atom stereocenters. The van der Waals surface area contributed by atoms with Crippen molar-refractivity contribution in [1.82, 2.24) is 0 Å².